The molecule has 0 fully saturated rings. The van der Waals surface area contributed by atoms with Crippen LogP contribution in [0.4, 0.5) is 0 Å². The van der Waals surface area contributed by atoms with E-state index in [1.165, 1.54) is 0 Å². The first-order valence-electron chi connectivity index (χ1n) is 4.86. The van der Waals surface area contributed by atoms with Crippen molar-refractivity contribution in [3.05, 3.63) is 28.2 Å². The molecule has 3 nitrogen and oxygen atoms in total. The number of aliphatic hydroxyl groups is 2. The SMILES string of the molecule is COc1ccc(Br)c(CSCC(O)CO)c1. The molecule has 1 atom stereocenters. The Kier molecular flexibility index (Phi) is 6.20. The molecule has 0 spiro atoms. The zero-order chi connectivity index (χ0) is 12.0. The van der Waals surface area contributed by atoms with Gasteiger partial charge in [0.05, 0.1) is 19.8 Å². The van der Waals surface area contributed by atoms with Gasteiger partial charge in [0.1, 0.15) is 5.75 Å². The van der Waals surface area contributed by atoms with Gasteiger partial charge in [-0.25, -0.2) is 0 Å². The van der Waals surface area contributed by atoms with Gasteiger partial charge in [0.15, 0.2) is 0 Å². The third kappa shape index (κ3) is 4.33. The van der Waals surface area contributed by atoms with Crippen molar-refractivity contribution in [3.8, 4) is 5.75 Å². The van der Waals surface area contributed by atoms with Crippen LogP contribution in [0.2, 0.25) is 0 Å². The van der Waals surface area contributed by atoms with E-state index < -0.39 is 6.10 Å². The summed E-state index contributed by atoms with van der Waals surface area (Å²) in [6, 6.07) is 5.79. The highest BCUT2D eigenvalue weighted by Gasteiger charge is 2.05. The van der Waals surface area contributed by atoms with E-state index in [0.29, 0.717) is 5.75 Å². The lowest BCUT2D eigenvalue weighted by Gasteiger charge is -2.09. The van der Waals surface area contributed by atoms with Gasteiger partial charge < -0.3 is 14.9 Å². The van der Waals surface area contributed by atoms with Gasteiger partial charge in [-0.3, -0.25) is 0 Å². The number of methoxy groups -OCH3 is 1. The lowest BCUT2D eigenvalue weighted by Crippen LogP contribution is -2.14. The summed E-state index contributed by atoms with van der Waals surface area (Å²) in [6.45, 7) is -0.188. The van der Waals surface area contributed by atoms with Crippen LogP contribution < -0.4 is 4.74 Å². The molecule has 0 radical (unpaired) electrons. The highest BCUT2D eigenvalue weighted by molar-refractivity contribution is 9.10. The molecule has 0 aliphatic heterocycles. The summed E-state index contributed by atoms with van der Waals surface area (Å²) >= 11 is 5.04. The predicted molar refractivity (Wildman–Crippen MR) is 69.9 cm³/mol. The Balaban J connectivity index is 2.52. The maximum absolute atomic E-state index is 9.20. The van der Waals surface area contributed by atoms with E-state index in [1.54, 1.807) is 18.9 Å². The topological polar surface area (TPSA) is 49.7 Å². The molecule has 0 amide bonds. The van der Waals surface area contributed by atoms with Gasteiger partial charge in [-0.1, -0.05) is 15.9 Å². The quantitative estimate of drug-likeness (QED) is 0.844. The minimum Gasteiger partial charge on any atom is -0.497 e. The van der Waals surface area contributed by atoms with Crippen LogP contribution in [0.3, 0.4) is 0 Å². The largest absolute Gasteiger partial charge is 0.497 e. The standard InChI is InChI=1S/C11H15BrO3S/c1-15-10-2-3-11(12)8(4-10)6-16-7-9(14)5-13/h2-4,9,13-14H,5-7H2,1H3. The molecule has 0 saturated carbocycles. The van der Waals surface area contributed by atoms with Gasteiger partial charge in [0, 0.05) is 16.0 Å². The highest BCUT2D eigenvalue weighted by Crippen LogP contribution is 2.26. The van der Waals surface area contributed by atoms with Crippen LogP contribution in [0.25, 0.3) is 0 Å². The number of thioether (sulfide) groups is 1. The lowest BCUT2D eigenvalue weighted by atomic mass is 10.2. The van der Waals surface area contributed by atoms with E-state index in [4.69, 9.17) is 9.84 Å². The van der Waals surface area contributed by atoms with E-state index >= 15 is 0 Å². The maximum atomic E-state index is 9.20. The van der Waals surface area contributed by atoms with Gasteiger partial charge in [-0.2, -0.15) is 11.8 Å². The van der Waals surface area contributed by atoms with E-state index in [9.17, 15) is 5.11 Å². The van der Waals surface area contributed by atoms with Crippen LogP contribution >= 0.6 is 27.7 Å². The number of halogens is 1. The average molecular weight is 307 g/mol. The maximum Gasteiger partial charge on any atom is 0.119 e. The lowest BCUT2D eigenvalue weighted by molar-refractivity contribution is 0.113. The fourth-order valence-electron chi connectivity index (χ4n) is 1.15. The van der Waals surface area contributed by atoms with Crippen molar-refractivity contribution in [1.29, 1.82) is 0 Å². The Morgan fingerprint density at radius 1 is 1.50 bits per heavy atom. The molecule has 90 valence electrons. The Labute approximate surface area is 108 Å². The van der Waals surface area contributed by atoms with Crippen LogP contribution in [-0.2, 0) is 5.75 Å². The first-order chi connectivity index (χ1) is 7.67. The number of ether oxygens (including phenoxy) is 1. The summed E-state index contributed by atoms with van der Waals surface area (Å²) in [4.78, 5) is 0. The Hall–Kier alpha value is -0.230. The first-order valence-corrected chi connectivity index (χ1v) is 6.81. The smallest absolute Gasteiger partial charge is 0.119 e. The third-order valence-corrected chi connectivity index (χ3v) is 3.94. The molecular weight excluding hydrogens is 292 g/mol. The molecule has 1 unspecified atom stereocenters. The predicted octanol–water partition coefficient (Wildman–Crippen LogP) is 2.04. The number of hydrogen-bond acceptors (Lipinski definition) is 4. The third-order valence-electron chi connectivity index (χ3n) is 2.03. The molecule has 16 heavy (non-hydrogen) atoms. The summed E-state index contributed by atoms with van der Waals surface area (Å²) in [5.74, 6) is 2.12. The molecule has 0 heterocycles. The zero-order valence-electron chi connectivity index (χ0n) is 9.02. The molecular formula is C11H15BrO3S. The van der Waals surface area contributed by atoms with Gasteiger partial charge in [0.25, 0.3) is 0 Å². The van der Waals surface area contributed by atoms with Gasteiger partial charge in [-0.05, 0) is 23.8 Å². The zero-order valence-corrected chi connectivity index (χ0v) is 11.4. The van der Waals surface area contributed by atoms with Crippen LogP contribution in [0.1, 0.15) is 5.56 Å². The van der Waals surface area contributed by atoms with Crippen molar-refractivity contribution in [2.24, 2.45) is 0 Å². The number of hydrogen-bond donors (Lipinski definition) is 2. The Bertz CT molecular complexity index is 333. The minimum absolute atomic E-state index is 0.188. The summed E-state index contributed by atoms with van der Waals surface area (Å²) in [5.41, 5.74) is 1.12. The Morgan fingerprint density at radius 3 is 2.88 bits per heavy atom. The van der Waals surface area contributed by atoms with Crippen molar-refractivity contribution < 1.29 is 14.9 Å². The van der Waals surface area contributed by atoms with Crippen molar-refractivity contribution in [2.45, 2.75) is 11.9 Å². The molecule has 0 aromatic heterocycles. The fraction of sp³-hybridized carbons (Fsp3) is 0.455. The molecule has 0 aliphatic carbocycles. The molecule has 0 aliphatic rings. The van der Waals surface area contributed by atoms with Crippen LogP contribution in [0.5, 0.6) is 5.75 Å². The molecule has 1 aromatic rings. The molecule has 1 aromatic carbocycles. The molecule has 0 saturated heterocycles. The van der Waals surface area contributed by atoms with Crippen molar-refractivity contribution in [3.63, 3.8) is 0 Å². The second-order valence-electron chi connectivity index (χ2n) is 3.31. The minimum atomic E-state index is -0.644. The average Bonchev–Trinajstić information content (AvgIpc) is 2.31. The van der Waals surface area contributed by atoms with E-state index in [2.05, 4.69) is 15.9 Å². The van der Waals surface area contributed by atoms with Gasteiger partial charge >= 0.3 is 0 Å². The number of rotatable bonds is 6. The van der Waals surface area contributed by atoms with Gasteiger partial charge in [0.2, 0.25) is 0 Å². The molecule has 1 rings (SSSR count). The fourth-order valence-corrected chi connectivity index (χ4v) is 2.67. The van der Waals surface area contributed by atoms with Crippen LogP contribution in [0, 0.1) is 0 Å². The molecule has 0 bridgehead atoms. The second-order valence-corrected chi connectivity index (χ2v) is 5.19. The summed E-state index contributed by atoms with van der Waals surface area (Å²) < 4.78 is 6.17. The monoisotopic (exact) mass is 306 g/mol. The van der Waals surface area contributed by atoms with E-state index in [1.807, 2.05) is 18.2 Å². The normalized spacial score (nSPS) is 12.5. The summed E-state index contributed by atoms with van der Waals surface area (Å²) in [7, 11) is 1.63. The van der Waals surface area contributed by atoms with Gasteiger partial charge in [-0.15, -0.1) is 0 Å². The Morgan fingerprint density at radius 2 is 2.25 bits per heavy atom. The van der Waals surface area contributed by atoms with Crippen molar-refractivity contribution >= 4 is 27.7 Å². The van der Waals surface area contributed by atoms with Crippen LogP contribution in [0.15, 0.2) is 22.7 Å². The van der Waals surface area contributed by atoms with E-state index in [-0.39, 0.29) is 6.61 Å². The summed E-state index contributed by atoms with van der Waals surface area (Å²) in [5, 5.41) is 17.9. The first kappa shape index (κ1) is 13.8. The number of aliphatic hydroxyl groups excluding tert-OH is 2. The summed E-state index contributed by atoms with van der Waals surface area (Å²) in [6.07, 6.45) is -0.644. The number of benzene rings is 1. The molecule has 2 N–H and O–H groups in total. The van der Waals surface area contributed by atoms with Crippen molar-refractivity contribution in [1.82, 2.24) is 0 Å². The van der Waals surface area contributed by atoms with Crippen LogP contribution in [-0.4, -0.2) is 35.8 Å². The second kappa shape index (κ2) is 7.17. The van der Waals surface area contributed by atoms with Crippen molar-refractivity contribution in [2.75, 3.05) is 19.5 Å². The highest BCUT2D eigenvalue weighted by atomic mass is 79.9. The molecule has 5 heteroatoms. The van der Waals surface area contributed by atoms with E-state index in [0.717, 1.165) is 21.5 Å².